The molecular weight excluding hydrogens is 270 g/mol. The van der Waals surface area contributed by atoms with E-state index in [9.17, 15) is 8.42 Å². The van der Waals surface area contributed by atoms with Gasteiger partial charge >= 0.3 is 0 Å². The zero-order chi connectivity index (χ0) is 14.3. The first-order valence-electron chi connectivity index (χ1n) is 7.23. The quantitative estimate of drug-likeness (QED) is 0.786. The molecule has 4 heteroatoms. The Bertz CT molecular complexity index is 618. The molecule has 0 amide bonds. The van der Waals surface area contributed by atoms with Gasteiger partial charge in [0.25, 0.3) is 0 Å². The largest absolute Gasteiger partial charge is 0.243 e. The molecule has 1 aliphatic heterocycles. The average molecular weight is 291 g/mol. The fourth-order valence-electron chi connectivity index (χ4n) is 3.51. The summed E-state index contributed by atoms with van der Waals surface area (Å²) in [4.78, 5) is 0.396. The van der Waals surface area contributed by atoms with Crippen LogP contribution < -0.4 is 0 Å². The molecule has 1 heterocycles. The molecule has 1 aromatic carbocycles. The zero-order valence-corrected chi connectivity index (χ0v) is 12.7. The van der Waals surface area contributed by atoms with Crippen LogP contribution >= 0.6 is 0 Å². The Morgan fingerprint density at radius 3 is 2.60 bits per heavy atom. The Morgan fingerprint density at radius 2 is 1.90 bits per heavy atom. The Morgan fingerprint density at radius 1 is 1.20 bits per heavy atom. The number of benzene rings is 1. The number of sulfonamides is 1. The fraction of sp³-hybridized carbons (Fsp3) is 0.500. The molecule has 0 unspecified atom stereocenters. The predicted molar refractivity (Wildman–Crippen MR) is 79.9 cm³/mol. The van der Waals surface area contributed by atoms with Gasteiger partial charge in [-0.2, -0.15) is 4.31 Å². The van der Waals surface area contributed by atoms with Gasteiger partial charge in [-0.25, -0.2) is 8.42 Å². The molecule has 0 bridgehead atoms. The van der Waals surface area contributed by atoms with Gasteiger partial charge in [0.1, 0.15) is 0 Å². The fourth-order valence-corrected chi connectivity index (χ4v) is 5.01. The highest BCUT2D eigenvalue weighted by Crippen LogP contribution is 2.41. The molecule has 2 fully saturated rings. The summed E-state index contributed by atoms with van der Waals surface area (Å²) in [7, 11) is -3.38. The van der Waals surface area contributed by atoms with E-state index in [4.69, 9.17) is 0 Å². The second-order valence-corrected chi connectivity index (χ2v) is 8.00. The summed E-state index contributed by atoms with van der Waals surface area (Å²) in [6, 6.07) is 7.11. The molecule has 0 radical (unpaired) electrons. The van der Waals surface area contributed by atoms with Crippen molar-refractivity contribution in [1.82, 2.24) is 4.31 Å². The van der Waals surface area contributed by atoms with E-state index < -0.39 is 10.0 Å². The van der Waals surface area contributed by atoms with Crippen molar-refractivity contribution in [2.75, 3.05) is 13.1 Å². The van der Waals surface area contributed by atoms with Gasteiger partial charge < -0.3 is 0 Å². The van der Waals surface area contributed by atoms with Crippen molar-refractivity contribution in [1.29, 1.82) is 0 Å². The highest BCUT2D eigenvalue weighted by Gasteiger charge is 2.39. The lowest BCUT2D eigenvalue weighted by molar-refractivity contribution is 0.271. The third-order valence-electron chi connectivity index (χ3n) is 4.66. The van der Waals surface area contributed by atoms with Gasteiger partial charge in [0, 0.05) is 13.1 Å². The van der Waals surface area contributed by atoms with Crippen LogP contribution in [0.25, 0.3) is 0 Å². The lowest BCUT2D eigenvalue weighted by atomic mass is 9.86. The molecule has 3 rings (SSSR count). The summed E-state index contributed by atoms with van der Waals surface area (Å²) >= 11 is 0. The van der Waals surface area contributed by atoms with Gasteiger partial charge in [-0.15, -0.1) is 0 Å². The number of aryl methyl sites for hydroxylation is 1. The molecule has 0 aromatic heterocycles. The van der Waals surface area contributed by atoms with Crippen molar-refractivity contribution in [3.63, 3.8) is 0 Å². The maximum Gasteiger partial charge on any atom is 0.243 e. The van der Waals surface area contributed by atoms with Crippen molar-refractivity contribution in [2.24, 2.45) is 11.8 Å². The van der Waals surface area contributed by atoms with Crippen LogP contribution in [-0.2, 0) is 10.0 Å². The van der Waals surface area contributed by atoms with Gasteiger partial charge in [-0.1, -0.05) is 36.3 Å². The summed E-state index contributed by atoms with van der Waals surface area (Å²) in [6.07, 6.45) is 3.51. The van der Waals surface area contributed by atoms with E-state index >= 15 is 0 Å². The minimum Gasteiger partial charge on any atom is -0.207 e. The number of rotatable bonds is 2. The molecule has 2 atom stereocenters. The average Bonchev–Trinajstić information content (AvgIpc) is 2.88. The van der Waals surface area contributed by atoms with Crippen LogP contribution in [0, 0.1) is 18.8 Å². The SMILES string of the molecule is C=C1CN(S(=O)(=O)c2ccc(C)cc2)C[C@H]2CCC[C@@H]12. The second-order valence-electron chi connectivity index (χ2n) is 6.07. The van der Waals surface area contributed by atoms with E-state index in [2.05, 4.69) is 6.58 Å². The van der Waals surface area contributed by atoms with Crippen molar-refractivity contribution in [2.45, 2.75) is 31.1 Å². The number of nitrogens with zero attached hydrogens (tertiary/aromatic N) is 1. The highest BCUT2D eigenvalue weighted by molar-refractivity contribution is 7.89. The molecule has 0 spiro atoms. The number of piperidine rings is 1. The topological polar surface area (TPSA) is 37.4 Å². The summed E-state index contributed by atoms with van der Waals surface area (Å²) in [6.45, 7) is 7.22. The first kappa shape index (κ1) is 13.8. The molecule has 1 aliphatic carbocycles. The van der Waals surface area contributed by atoms with E-state index in [0.717, 1.165) is 17.6 Å². The maximum absolute atomic E-state index is 12.7. The van der Waals surface area contributed by atoms with E-state index in [1.807, 2.05) is 19.1 Å². The van der Waals surface area contributed by atoms with Crippen LogP contribution in [0.5, 0.6) is 0 Å². The maximum atomic E-state index is 12.7. The van der Waals surface area contributed by atoms with Gasteiger partial charge in [0.2, 0.25) is 10.0 Å². The van der Waals surface area contributed by atoms with E-state index in [0.29, 0.717) is 29.8 Å². The van der Waals surface area contributed by atoms with Gasteiger partial charge in [-0.3, -0.25) is 0 Å². The van der Waals surface area contributed by atoms with Crippen LogP contribution in [0.2, 0.25) is 0 Å². The number of hydrogen-bond donors (Lipinski definition) is 0. The molecule has 1 saturated heterocycles. The smallest absolute Gasteiger partial charge is 0.207 e. The van der Waals surface area contributed by atoms with E-state index in [1.165, 1.54) is 12.8 Å². The zero-order valence-electron chi connectivity index (χ0n) is 11.9. The number of hydrogen-bond acceptors (Lipinski definition) is 2. The normalized spacial score (nSPS) is 27.6. The summed E-state index contributed by atoms with van der Waals surface area (Å²) in [5, 5.41) is 0. The minimum absolute atomic E-state index is 0.396. The van der Waals surface area contributed by atoms with Gasteiger partial charge in [0.05, 0.1) is 4.90 Å². The van der Waals surface area contributed by atoms with Crippen LogP contribution in [0.3, 0.4) is 0 Å². The molecule has 1 saturated carbocycles. The van der Waals surface area contributed by atoms with Crippen molar-refractivity contribution >= 4 is 10.0 Å². The first-order valence-corrected chi connectivity index (χ1v) is 8.67. The highest BCUT2D eigenvalue weighted by atomic mass is 32.2. The van der Waals surface area contributed by atoms with Crippen LogP contribution in [0.1, 0.15) is 24.8 Å². The van der Waals surface area contributed by atoms with E-state index in [1.54, 1.807) is 16.4 Å². The molecule has 0 N–H and O–H groups in total. The van der Waals surface area contributed by atoms with Crippen LogP contribution in [0.15, 0.2) is 41.3 Å². The molecule has 1 aromatic rings. The van der Waals surface area contributed by atoms with E-state index in [-0.39, 0.29) is 0 Å². The molecule has 2 aliphatic rings. The van der Waals surface area contributed by atoms with Gasteiger partial charge in [-0.05, 0) is 43.7 Å². The van der Waals surface area contributed by atoms with Crippen LogP contribution in [0.4, 0.5) is 0 Å². The van der Waals surface area contributed by atoms with Gasteiger partial charge in [0.15, 0.2) is 0 Å². The summed E-state index contributed by atoms with van der Waals surface area (Å²) in [5.74, 6) is 1.01. The molecule has 108 valence electrons. The predicted octanol–water partition coefficient (Wildman–Crippen LogP) is 2.97. The second kappa shape index (κ2) is 5.01. The lowest BCUT2D eigenvalue weighted by Crippen LogP contribution is -2.43. The minimum atomic E-state index is -3.38. The van der Waals surface area contributed by atoms with Crippen LogP contribution in [-0.4, -0.2) is 25.8 Å². The van der Waals surface area contributed by atoms with Crippen molar-refractivity contribution < 1.29 is 8.42 Å². The molecule has 3 nitrogen and oxygen atoms in total. The lowest BCUT2D eigenvalue weighted by Gasteiger charge is -2.36. The summed E-state index contributed by atoms with van der Waals surface area (Å²) in [5.41, 5.74) is 2.16. The van der Waals surface area contributed by atoms with Crippen molar-refractivity contribution in [3.8, 4) is 0 Å². The Kier molecular flexibility index (Phi) is 3.46. The molecular formula is C16H21NO2S. The summed E-state index contributed by atoms with van der Waals surface area (Å²) < 4.78 is 27.1. The first-order chi connectivity index (χ1) is 9.48. The third-order valence-corrected chi connectivity index (χ3v) is 6.49. The monoisotopic (exact) mass is 291 g/mol. The third kappa shape index (κ3) is 2.31. The number of fused-ring (bicyclic) bond motifs is 1. The Labute approximate surface area is 121 Å². The Hall–Kier alpha value is -1.13. The standard InChI is InChI=1S/C16H21NO2S/c1-12-6-8-15(9-7-12)20(18,19)17-10-13(2)16-5-3-4-14(16)11-17/h6-9,14,16H,2-5,10-11H2,1H3/t14-,16+/m1/s1. The van der Waals surface area contributed by atoms with Crippen molar-refractivity contribution in [3.05, 3.63) is 42.0 Å². The Balaban J connectivity index is 1.88. The molecule has 20 heavy (non-hydrogen) atoms.